The molecule has 0 rings (SSSR count). The van der Waals surface area contributed by atoms with Crippen LogP contribution in [-0.4, -0.2) is 34.7 Å². The Morgan fingerprint density at radius 3 is 2.40 bits per heavy atom. The lowest BCUT2D eigenvalue weighted by molar-refractivity contribution is -0.139. The Hall–Kier alpha value is -0.720. The van der Waals surface area contributed by atoms with Crippen LogP contribution in [-0.2, 0) is 4.79 Å². The van der Waals surface area contributed by atoms with Crippen molar-refractivity contribution < 1.29 is 9.90 Å². The summed E-state index contributed by atoms with van der Waals surface area (Å²) in [5, 5.41) is 11.7. The van der Waals surface area contributed by atoms with Crippen LogP contribution in [0.25, 0.3) is 0 Å². The van der Waals surface area contributed by atoms with Crippen molar-refractivity contribution in [2.75, 3.05) is 6.54 Å². The van der Waals surface area contributed by atoms with Gasteiger partial charge < -0.3 is 21.9 Å². The van der Waals surface area contributed by atoms with Gasteiger partial charge in [-0.1, -0.05) is 26.1 Å². The summed E-state index contributed by atoms with van der Waals surface area (Å²) < 4.78 is 0. The van der Waals surface area contributed by atoms with Crippen LogP contribution in [0.5, 0.6) is 0 Å². The van der Waals surface area contributed by atoms with Crippen LogP contribution in [0.4, 0.5) is 0 Å². The minimum atomic E-state index is -0.921. The molecule has 0 spiro atoms. The zero-order valence-corrected chi connectivity index (χ0v) is 9.88. The maximum atomic E-state index is 10.9. The zero-order valence-electron chi connectivity index (χ0n) is 9.06. The molecule has 0 bridgehead atoms. The van der Waals surface area contributed by atoms with E-state index in [0.29, 0.717) is 11.4 Å². The second-order valence-corrected chi connectivity index (χ2v) is 4.31. The van der Waals surface area contributed by atoms with Crippen molar-refractivity contribution in [2.24, 2.45) is 17.4 Å². The molecule has 88 valence electrons. The van der Waals surface area contributed by atoms with Gasteiger partial charge in [0.2, 0.25) is 0 Å². The Morgan fingerprint density at radius 1 is 1.53 bits per heavy atom. The number of thiocarbonyl (C=S) groups is 1. The minimum Gasteiger partial charge on any atom is -0.480 e. The standard InChI is InChI=1S/C9H19N3O2S/c1-5(2)3-7(9(13)14)12-8(15)6(11)4-10/h5-7H,3-4,10-11H2,1-2H3,(H,12,15)(H,13,14)/t6-,7-/m0/s1. The van der Waals surface area contributed by atoms with E-state index in [-0.39, 0.29) is 12.5 Å². The maximum Gasteiger partial charge on any atom is 0.326 e. The second kappa shape index (κ2) is 6.71. The summed E-state index contributed by atoms with van der Waals surface area (Å²) in [6.45, 7) is 4.10. The zero-order chi connectivity index (χ0) is 12.0. The highest BCUT2D eigenvalue weighted by Gasteiger charge is 2.21. The Labute approximate surface area is 95.2 Å². The number of carboxylic acid groups (broad SMARTS) is 1. The molecule has 0 amide bonds. The summed E-state index contributed by atoms with van der Waals surface area (Å²) >= 11 is 4.94. The van der Waals surface area contributed by atoms with E-state index in [4.69, 9.17) is 28.8 Å². The van der Waals surface area contributed by atoms with E-state index in [2.05, 4.69) is 5.32 Å². The molecule has 15 heavy (non-hydrogen) atoms. The molecule has 0 aliphatic carbocycles. The molecule has 0 saturated heterocycles. The summed E-state index contributed by atoms with van der Waals surface area (Å²) in [4.78, 5) is 11.2. The van der Waals surface area contributed by atoms with Crippen LogP contribution in [0.3, 0.4) is 0 Å². The van der Waals surface area contributed by atoms with Crippen molar-refractivity contribution in [1.29, 1.82) is 0 Å². The molecule has 0 fully saturated rings. The van der Waals surface area contributed by atoms with Gasteiger partial charge in [0.05, 0.1) is 11.0 Å². The van der Waals surface area contributed by atoms with Gasteiger partial charge in [-0.2, -0.15) is 0 Å². The first-order valence-electron chi connectivity index (χ1n) is 4.87. The molecule has 0 radical (unpaired) electrons. The molecule has 0 aromatic rings. The molecule has 0 aliphatic heterocycles. The molecule has 0 unspecified atom stereocenters. The number of carboxylic acids is 1. The highest BCUT2D eigenvalue weighted by molar-refractivity contribution is 7.80. The fourth-order valence-corrected chi connectivity index (χ4v) is 1.32. The summed E-state index contributed by atoms with van der Waals surface area (Å²) in [6.07, 6.45) is 0.507. The van der Waals surface area contributed by atoms with Crippen LogP contribution in [0.1, 0.15) is 20.3 Å². The molecular weight excluding hydrogens is 214 g/mol. The molecule has 0 saturated carbocycles. The Bertz CT molecular complexity index is 233. The van der Waals surface area contributed by atoms with Gasteiger partial charge >= 0.3 is 5.97 Å². The van der Waals surface area contributed by atoms with Gasteiger partial charge in [0.25, 0.3) is 0 Å². The fourth-order valence-electron chi connectivity index (χ4n) is 1.08. The van der Waals surface area contributed by atoms with Gasteiger partial charge in [-0.15, -0.1) is 0 Å². The number of nitrogens with two attached hydrogens (primary N) is 2. The van der Waals surface area contributed by atoms with Crippen LogP contribution in [0.15, 0.2) is 0 Å². The maximum absolute atomic E-state index is 10.9. The summed E-state index contributed by atoms with van der Waals surface area (Å²) in [5.41, 5.74) is 10.9. The number of nitrogens with one attached hydrogen (secondary N) is 1. The largest absolute Gasteiger partial charge is 0.480 e. The van der Waals surface area contributed by atoms with Crippen molar-refractivity contribution in [3.63, 3.8) is 0 Å². The van der Waals surface area contributed by atoms with Gasteiger partial charge in [-0.05, 0) is 12.3 Å². The van der Waals surface area contributed by atoms with Gasteiger partial charge in [-0.3, -0.25) is 0 Å². The highest BCUT2D eigenvalue weighted by Crippen LogP contribution is 2.05. The molecule has 0 heterocycles. The highest BCUT2D eigenvalue weighted by atomic mass is 32.1. The quantitative estimate of drug-likeness (QED) is 0.469. The molecule has 0 aliphatic rings. The van der Waals surface area contributed by atoms with Crippen molar-refractivity contribution in [2.45, 2.75) is 32.4 Å². The number of aliphatic carboxylic acids is 1. The third-order valence-corrected chi connectivity index (χ3v) is 2.33. The van der Waals surface area contributed by atoms with Crippen LogP contribution < -0.4 is 16.8 Å². The Kier molecular flexibility index (Phi) is 6.38. The molecule has 5 nitrogen and oxygen atoms in total. The second-order valence-electron chi connectivity index (χ2n) is 3.87. The summed E-state index contributed by atoms with van der Waals surface area (Å²) in [6, 6.07) is -1.16. The average Bonchev–Trinajstić information content (AvgIpc) is 2.14. The normalized spacial score (nSPS) is 14.7. The van der Waals surface area contributed by atoms with Crippen molar-refractivity contribution in [3.8, 4) is 0 Å². The van der Waals surface area contributed by atoms with E-state index in [1.165, 1.54) is 0 Å². The summed E-state index contributed by atoms with van der Waals surface area (Å²) in [7, 11) is 0. The molecule has 6 heteroatoms. The van der Waals surface area contributed by atoms with E-state index in [9.17, 15) is 4.79 Å². The number of carbonyl (C=O) groups is 1. The molecule has 0 aromatic heterocycles. The van der Waals surface area contributed by atoms with Crippen LogP contribution in [0.2, 0.25) is 0 Å². The van der Waals surface area contributed by atoms with Gasteiger partial charge in [0, 0.05) is 6.54 Å². The first-order chi connectivity index (χ1) is 6.88. The van der Waals surface area contributed by atoms with Crippen LogP contribution in [0, 0.1) is 5.92 Å². The average molecular weight is 233 g/mol. The van der Waals surface area contributed by atoms with E-state index < -0.39 is 18.1 Å². The van der Waals surface area contributed by atoms with Crippen molar-refractivity contribution >= 4 is 23.2 Å². The van der Waals surface area contributed by atoms with E-state index in [1.54, 1.807) is 0 Å². The SMILES string of the molecule is CC(C)C[C@H](NC(=S)[C@@H](N)CN)C(=O)O. The first kappa shape index (κ1) is 14.3. The smallest absolute Gasteiger partial charge is 0.326 e. The molecule has 6 N–H and O–H groups in total. The van der Waals surface area contributed by atoms with Crippen molar-refractivity contribution in [1.82, 2.24) is 5.32 Å². The summed E-state index contributed by atoms with van der Waals surface area (Å²) in [5.74, 6) is -0.647. The molecular formula is C9H19N3O2S. The fraction of sp³-hybridized carbons (Fsp3) is 0.778. The number of hydrogen-bond donors (Lipinski definition) is 4. The Balaban J connectivity index is 4.29. The lowest BCUT2D eigenvalue weighted by atomic mass is 10.0. The van der Waals surface area contributed by atoms with Gasteiger partial charge in [-0.25, -0.2) is 4.79 Å². The molecule has 0 aromatic carbocycles. The molecule has 2 atom stereocenters. The third kappa shape index (κ3) is 5.66. The predicted molar refractivity (Wildman–Crippen MR) is 63.6 cm³/mol. The lowest BCUT2D eigenvalue weighted by Crippen LogP contribution is -2.50. The first-order valence-corrected chi connectivity index (χ1v) is 5.28. The minimum absolute atomic E-state index is 0.208. The number of rotatable bonds is 6. The third-order valence-electron chi connectivity index (χ3n) is 1.91. The topological polar surface area (TPSA) is 101 Å². The monoisotopic (exact) mass is 233 g/mol. The van der Waals surface area contributed by atoms with Crippen LogP contribution >= 0.6 is 12.2 Å². The predicted octanol–water partition coefficient (Wildman–Crippen LogP) is -0.311. The van der Waals surface area contributed by atoms with E-state index in [0.717, 1.165) is 0 Å². The Morgan fingerprint density at radius 2 is 2.07 bits per heavy atom. The van der Waals surface area contributed by atoms with Gasteiger partial charge in [0.1, 0.15) is 6.04 Å². The number of hydrogen-bond acceptors (Lipinski definition) is 4. The van der Waals surface area contributed by atoms with E-state index in [1.807, 2.05) is 13.8 Å². The van der Waals surface area contributed by atoms with Gasteiger partial charge in [0.15, 0.2) is 0 Å². The van der Waals surface area contributed by atoms with Crippen molar-refractivity contribution in [3.05, 3.63) is 0 Å². The lowest BCUT2D eigenvalue weighted by Gasteiger charge is -2.20. The van der Waals surface area contributed by atoms with E-state index >= 15 is 0 Å².